The van der Waals surface area contributed by atoms with E-state index in [1.807, 2.05) is 79.5 Å². The Morgan fingerprint density at radius 2 is 1.39 bits per heavy atom. The van der Waals surface area contributed by atoms with E-state index in [0.29, 0.717) is 17.3 Å². The summed E-state index contributed by atoms with van der Waals surface area (Å²) < 4.78 is 10.4. The molecular weight excluding hydrogens is 410 g/mol. The number of hydrogen-bond donors (Lipinski definition) is 0. The molecule has 0 saturated heterocycles. The summed E-state index contributed by atoms with van der Waals surface area (Å²) in [6.45, 7) is 0. The molecule has 0 aliphatic carbocycles. The molecule has 0 saturated carbocycles. The van der Waals surface area contributed by atoms with Crippen LogP contribution in [0.3, 0.4) is 0 Å². The van der Waals surface area contributed by atoms with Gasteiger partial charge in [0, 0.05) is 50.9 Å². The lowest BCUT2D eigenvalue weighted by Crippen LogP contribution is -2.38. The highest BCUT2D eigenvalue weighted by Gasteiger charge is 2.46. The Labute approximate surface area is 193 Å². The van der Waals surface area contributed by atoms with Crippen LogP contribution < -0.4 is 0 Å². The van der Waals surface area contributed by atoms with Gasteiger partial charge < -0.3 is 13.9 Å². The molecule has 5 aromatic rings. The third-order valence-corrected chi connectivity index (χ3v) is 5.97. The van der Waals surface area contributed by atoms with Crippen LogP contribution in [-0.2, 0) is 24.4 Å². The Balaban J connectivity index is 1.87. The summed E-state index contributed by atoms with van der Waals surface area (Å²) in [7, 11) is 5.66. The second kappa shape index (κ2) is 8.48. The maximum Gasteiger partial charge on any atom is 0.225 e. The van der Waals surface area contributed by atoms with Crippen molar-refractivity contribution in [2.24, 2.45) is 14.1 Å². The van der Waals surface area contributed by atoms with Gasteiger partial charge in [-0.15, -0.1) is 0 Å². The normalized spacial score (nSPS) is 13.1. The molecule has 33 heavy (non-hydrogen) atoms. The summed E-state index contributed by atoms with van der Waals surface area (Å²) in [6, 6.07) is 26.3. The summed E-state index contributed by atoms with van der Waals surface area (Å²) in [5.41, 5.74) is 3.60. The van der Waals surface area contributed by atoms with Crippen molar-refractivity contribution in [2.45, 2.75) is 5.60 Å². The fraction of sp³-hybridized carbons (Fsp3) is 0.148. The Morgan fingerprint density at radius 3 is 1.97 bits per heavy atom. The molecule has 5 rings (SSSR count). The van der Waals surface area contributed by atoms with Gasteiger partial charge in [-0.3, -0.25) is 4.98 Å². The van der Waals surface area contributed by atoms with E-state index in [2.05, 4.69) is 38.8 Å². The number of nitrogens with zero attached hydrogens (tertiary/aromatic N) is 5. The monoisotopic (exact) mass is 435 g/mol. The smallest absolute Gasteiger partial charge is 0.225 e. The van der Waals surface area contributed by atoms with Gasteiger partial charge >= 0.3 is 0 Å². The van der Waals surface area contributed by atoms with Crippen LogP contribution in [0.1, 0.15) is 17.3 Å². The number of aromatic nitrogens is 5. The highest BCUT2D eigenvalue weighted by Crippen LogP contribution is 2.41. The van der Waals surface area contributed by atoms with E-state index >= 15 is 0 Å². The summed E-state index contributed by atoms with van der Waals surface area (Å²) in [5.74, 6) is 1.41. The lowest BCUT2D eigenvalue weighted by atomic mass is 9.95. The fourth-order valence-corrected chi connectivity index (χ4v) is 4.43. The minimum Gasteiger partial charge on any atom is -0.357 e. The van der Waals surface area contributed by atoms with Crippen LogP contribution in [0, 0.1) is 0 Å². The first kappa shape index (κ1) is 20.8. The van der Waals surface area contributed by atoms with Gasteiger partial charge in [0.15, 0.2) is 11.6 Å². The molecule has 3 aromatic heterocycles. The molecular formula is C27H25N5O. The number of rotatable bonds is 6. The maximum absolute atomic E-state index is 6.33. The molecule has 1 atom stereocenters. The van der Waals surface area contributed by atoms with Crippen LogP contribution in [0.2, 0.25) is 0 Å². The van der Waals surface area contributed by atoms with E-state index in [4.69, 9.17) is 9.72 Å². The van der Waals surface area contributed by atoms with Gasteiger partial charge in [0.25, 0.3) is 0 Å². The van der Waals surface area contributed by atoms with E-state index in [-0.39, 0.29) is 0 Å². The number of benzene rings is 2. The zero-order chi connectivity index (χ0) is 22.8. The average molecular weight is 436 g/mol. The van der Waals surface area contributed by atoms with Crippen molar-refractivity contribution in [3.05, 3.63) is 115 Å². The number of ether oxygens (including phenoxy) is 1. The molecule has 0 N–H and O–H groups in total. The summed E-state index contributed by atoms with van der Waals surface area (Å²) in [5, 5.41) is 0. The van der Waals surface area contributed by atoms with Crippen molar-refractivity contribution < 1.29 is 4.74 Å². The molecule has 6 heteroatoms. The van der Waals surface area contributed by atoms with Gasteiger partial charge in [-0.05, 0) is 12.1 Å². The Hall–Kier alpha value is -4.03. The van der Waals surface area contributed by atoms with Gasteiger partial charge in [0.1, 0.15) is 0 Å². The van der Waals surface area contributed by atoms with Crippen LogP contribution in [-0.4, -0.2) is 31.2 Å². The van der Waals surface area contributed by atoms with E-state index in [9.17, 15) is 0 Å². The van der Waals surface area contributed by atoms with Crippen molar-refractivity contribution in [3.63, 3.8) is 0 Å². The van der Waals surface area contributed by atoms with Crippen LogP contribution in [0.15, 0.2) is 97.5 Å². The first-order valence-corrected chi connectivity index (χ1v) is 10.8. The van der Waals surface area contributed by atoms with Crippen molar-refractivity contribution in [1.29, 1.82) is 0 Å². The van der Waals surface area contributed by atoms with Crippen LogP contribution in [0.4, 0.5) is 0 Å². The average Bonchev–Trinajstić information content (AvgIpc) is 3.46. The van der Waals surface area contributed by atoms with E-state index in [1.165, 1.54) is 0 Å². The molecule has 2 aromatic carbocycles. The third-order valence-electron chi connectivity index (χ3n) is 5.97. The molecule has 0 aliphatic heterocycles. The van der Waals surface area contributed by atoms with E-state index in [0.717, 1.165) is 22.5 Å². The Morgan fingerprint density at radius 1 is 0.727 bits per heavy atom. The standard InChI is InChI=1S/C27H25N5O/c1-31-19-18-29-25(31)27(33-3,22-16-10-11-17-28-22)26-30-23(20-12-6-4-7-13-20)24(32(26)2)21-14-8-5-9-15-21/h4-19H,1-3H3/t27-/m0/s1. The maximum atomic E-state index is 6.33. The predicted molar refractivity (Wildman–Crippen MR) is 128 cm³/mol. The molecule has 0 unspecified atom stereocenters. The quantitative estimate of drug-likeness (QED) is 0.384. The van der Waals surface area contributed by atoms with Crippen molar-refractivity contribution in [2.75, 3.05) is 7.11 Å². The second-order valence-corrected chi connectivity index (χ2v) is 7.89. The zero-order valence-corrected chi connectivity index (χ0v) is 18.9. The number of imidazole rings is 2. The highest BCUT2D eigenvalue weighted by atomic mass is 16.5. The molecule has 0 fully saturated rings. The van der Waals surface area contributed by atoms with Crippen molar-refractivity contribution in [3.8, 4) is 22.5 Å². The minimum absolute atomic E-state index is 0.704. The SMILES string of the molecule is CO[C@@](c1ccccn1)(c1nccn1C)c1nc(-c2ccccc2)c(-c2ccccc2)n1C. The molecule has 0 radical (unpaired) electrons. The first-order valence-electron chi connectivity index (χ1n) is 10.8. The molecule has 0 aliphatic rings. The number of methoxy groups -OCH3 is 1. The number of hydrogen-bond acceptors (Lipinski definition) is 4. The van der Waals surface area contributed by atoms with Gasteiger partial charge in [-0.1, -0.05) is 66.7 Å². The third kappa shape index (κ3) is 3.36. The molecule has 164 valence electrons. The van der Waals surface area contributed by atoms with Gasteiger partial charge in [-0.2, -0.15) is 0 Å². The first-order chi connectivity index (χ1) is 16.2. The lowest BCUT2D eigenvalue weighted by molar-refractivity contribution is 0.0352. The van der Waals surface area contributed by atoms with Crippen molar-refractivity contribution >= 4 is 0 Å². The summed E-state index contributed by atoms with van der Waals surface area (Å²) in [6.07, 6.45) is 5.45. The topological polar surface area (TPSA) is 57.8 Å². The van der Waals surface area contributed by atoms with Crippen molar-refractivity contribution in [1.82, 2.24) is 24.1 Å². The largest absolute Gasteiger partial charge is 0.357 e. The van der Waals surface area contributed by atoms with Gasteiger partial charge in [0.05, 0.1) is 17.1 Å². The van der Waals surface area contributed by atoms with E-state index < -0.39 is 5.60 Å². The summed E-state index contributed by atoms with van der Waals surface area (Å²) in [4.78, 5) is 14.6. The molecule has 0 spiro atoms. The molecule has 3 heterocycles. The van der Waals surface area contributed by atoms with E-state index in [1.54, 1.807) is 19.5 Å². The van der Waals surface area contributed by atoms with Crippen LogP contribution >= 0.6 is 0 Å². The second-order valence-electron chi connectivity index (χ2n) is 7.89. The summed E-state index contributed by atoms with van der Waals surface area (Å²) >= 11 is 0. The molecule has 0 bridgehead atoms. The minimum atomic E-state index is -1.11. The highest BCUT2D eigenvalue weighted by molar-refractivity contribution is 5.79. The number of aryl methyl sites for hydroxylation is 1. The lowest BCUT2D eigenvalue weighted by Gasteiger charge is -2.31. The molecule has 0 amide bonds. The zero-order valence-electron chi connectivity index (χ0n) is 18.9. The number of pyridine rings is 1. The van der Waals surface area contributed by atoms with Crippen LogP contribution in [0.25, 0.3) is 22.5 Å². The Bertz CT molecular complexity index is 1360. The fourth-order valence-electron chi connectivity index (χ4n) is 4.43. The van der Waals surface area contributed by atoms with Gasteiger partial charge in [-0.25, -0.2) is 9.97 Å². The molecule has 6 nitrogen and oxygen atoms in total. The van der Waals surface area contributed by atoms with Gasteiger partial charge in [0.2, 0.25) is 5.60 Å². The van der Waals surface area contributed by atoms with Crippen LogP contribution in [0.5, 0.6) is 0 Å². The predicted octanol–water partition coefficient (Wildman–Crippen LogP) is 4.82. The Kier molecular flexibility index (Phi) is 5.36.